The molecule has 0 aliphatic carbocycles. The standard InChI is InChI=1S/C12H16O3/c1-10-4-3-5-11(8-10)6-7-15-9-12(13)14-2/h3-5,8H,6-7,9H2,1-2H3. The van der Waals surface area contributed by atoms with Crippen LogP contribution < -0.4 is 0 Å². The quantitative estimate of drug-likeness (QED) is 0.546. The summed E-state index contributed by atoms with van der Waals surface area (Å²) in [5.74, 6) is -0.334. The molecule has 3 nitrogen and oxygen atoms in total. The number of aryl methyl sites for hydroxylation is 1. The highest BCUT2D eigenvalue weighted by Crippen LogP contribution is 2.04. The predicted octanol–water partition coefficient (Wildman–Crippen LogP) is 1.73. The number of esters is 1. The molecule has 0 radical (unpaired) electrons. The van der Waals surface area contributed by atoms with Crippen LogP contribution in [0.15, 0.2) is 24.3 Å². The highest BCUT2D eigenvalue weighted by Gasteiger charge is 1.99. The van der Waals surface area contributed by atoms with Crippen LogP contribution in [-0.4, -0.2) is 26.3 Å². The van der Waals surface area contributed by atoms with Crippen molar-refractivity contribution < 1.29 is 14.3 Å². The molecule has 0 aliphatic heterocycles. The third-order valence-electron chi connectivity index (χ3n) is 2.07. The number of rotatable bonds is 5. The average Bonchev–Trinajstić information content (AvgIpc) is 2.24. The van der Waals surface area contributed by atoms with Crippen molar-refractivity contribution in [3.8, 4) is 0 Å². The van der Waals surface area contributed by atoms with E-state index in [-0.39, 0.29) is 12.6 Å². The summed E-state index contributed by atoms with van der Waals surface area (Å²) in [4.78, 5) is 10.7. The first-order valence-corrected chi connectivity index (χ1v) is 4.92. The van der Waals surface area contributed by atoms with Crippen LogP contribution in [0.2, 0.25) is 0 Å². The van der Waals surface area contributed by atoms with E-state index in [4.69, 9.17) is 4.74 Å². The van der Waals surface area contributed by atoms with Crippen molar-refractivity contribution in [2.75, 3.05) is 20.3 Å². The molecule has 1 rings (SSSR count). The van der Waals surface area contributed by atoms with Crippen molar-refractivity contribution in [2.24, 2.45) is 0 Å². The first-order valence-electron chi connectivity index (χ1n) is 4.92. The van der Waals surface area contributed by atoms with Gasteiger partial charge >= 0.3 is 5.97 Å². The Hall–Kier alpha value is -1.35. The maximum Gasteiger partial charge on any atom is 0.331 e. The van der Waals surface area contributed by atoms with Gasteiger partial charge in [0.25, 0.3) is 0 Å². The van der Waals surface area contributed by atoms with Crippen LogP contribution in [0.5, 0.6) is 0 Å². The van der Waals surface area contributed by atoms with Crippen LogP contribution in [-0.2, 0) is 20.7 Å². The zero-order valence-corrected chi connectivity index (χ0v) is 9.16. The lowest BCUT2D eigenvalue weighted by atomic mass is 10.1. The average molecular weight is 208 g/mol. The zero-order chi connectivity index (χ0) is 11.1. The van der Waals surface area contributed by atoms with E-state index in [1.807, 2.05) is 6.07 Å². The molecule has 1 aromatic rings. The Morgan fingerprint density at radius 2 is 2.20 bits per heavy atom. The number of methoxy groups -OCH3 is 1. The van der Waals surface area contributed by atoms with Crippen LogP contribution in [0, 0.1) is 6.92 Å². The van der Waals surface area contributed by atoms with Crippen LogP contribution in [0.1, 0.15) is 11.1 Å². The van der Waals surface area contributed by atoms with Gasteiger partial charge in [0.1, 0.15) is 6.61 Å². The fourth-order valence-electron chi connectivity index (χ4n) is 1.27. The zero-order valence-electron chi connectivity index (χ0n) is 9.16. The molecule has 0 heterocycles. The van der Waals surface area contributed by atoms with E-state index in [9.17, 15) is 4.79 Å². The van der Waals surface area contributed by atoms with E-state index < -0.39 is 0 Å². The van der Waals surface area contributed by atoms with Crippen LogP contribution in [0.25, 0.3) is 0 Å². The van der Waals surface area contributed by atoms with Gasteiger partial charge in [-0.25, -0.2) is 4.79 Å². The number of ether oxygens (including phenoxy) is 2. The molecule has 0 aromatic heterocycles. The summed E-state index contributed by atoms with van der Waals surface area (Å²) in [6.45, 7) is 2.62. The second-order valence-electron chi connectivity index (χ2n) is 3.37. The Morgan fingerprint density at radius 1 is 1.40 bits per heavy atom. The molecule has 0 atom stereocenters. The number of benzene rings is 1. The van der Waals surface area contributed by atoms with Crippen LogP contribution in [0.3, 0.4) is 0 Å². The Labute approximate surface area is 90.0 Å². The lowest BCUT2D eigenvalue weighted by Crippen LogP contribution is -2.11. The van der Waals surface area contributed by atoms with E-state index >= 15 is 0 Å². The van der Waals surface area contributed by atoms with Gasteiger partial charge in [0.15, 0.2) is 0 Å². The second kappa shape index (κ2) is 6.19. The van der Waals surface area contributed by atoms with E-state index in [2.05, 4.69) is 29.9 Å². The van der Waals surface area contributed by atoms with Gasteiger partial charge in [0.2, 0.25) is 0 Å². The van der Waals surface area contributed by atoms with E-state index in [1.165, 1.54) is 18.2 Å². The SMILES string of the molecule is COC(=O)COCCc1cccc(C)c1. The molecule has 0 saturated carbocycles. The maximum atomic E-state index is 10.7. The number of hydrogen-bond donors (Lipinski definition) is 0. The Morgan fingerprint density at radius 3 is 2.87 bits per heavy atom. The number of carbonyl (C=O) groups excluding carboxylic acids is 1. The van der Waals surface area contributed by atoms with Gasteiger partial charge in [-0.05, 0) is 18.9 Å². The van der Waals surface area contributed by atoms with Crippen molar-refractivity contribution in [3.63, 3.8) is 0 Å². The van der Waals surface area contributed by atoms with Gasteiger partial charge in [-0.15, -0.1) is 0 Å². The monoisotopic (exact) mass is 208 g/mol. The van der Waals surface area contributed by atoms with Crippen molar-refractivity contribution in [1.82, 2.24) is 0 Å². The molecule has 3 heteroatoms. The van der Waals surface area contributed by atoms with Crippen molar-refractivity contribution in [2.45, 2.75) is 13.3 Å². The smallest absolute Gasteiger partial charge is 0.331 e. The van der Waals surface area contributed by atoms with E-state index in [0.717, 1.165) is 6.42 Å². The fourth-order valence-corrected chi connectivity index (χ4v) is 1.27. The normalized spacial score (nSPS) is 10.0. The van der Waals surface area contributed by atoms with Crippen molar-refractivity contribution >= 4 is 5.97 Å². The summed E-state index contributed by atoms with van der Waals surface area (Å²) in [6.07, 6.45) is 0.818. The van der Waals surface area contributed by atoms with Crippen LogP contribution >= 0.6 is 0 Å². The van der Waals surface area contributed by atoms with Gasteiger partial charge in [-0.1, -0.05) is 29.8 Å². The lowest BCUT2D eigenvalue weighted by Gasteiger charge is -2.03. The van der Waals surface area contributed by atoms with Crippen molar-refractivity contribution in [1.29, 1.82) is 0 Å². The molecule has 82 valence electrons. The highest BCUT2D eigenvalue weighted by molar-refractivity contribution is 5.70. The summed E-state index contributed by atoms with van der Waals surface area (Å²) in [5.41, 5.74) is 2.46. The first kappa shape index (κ1) is 11.7. The Bertz CT molecular complexity index is 320. The Kier molecular flexibility index (Phi) is 4.84. The maximum absolute atomic E-state index is 10.7. The molecule has 1 aromatic carbocycles. The highest BCUT2D eigenvalue weighted by atomic mass is 16.6. The minimum absolute atomic E-state index is 0.0301. The lowest BCUT2D eigenvalue weighted by molar-refractivity contribution is -0.145. The van der Waals surface area contributed by atoms with E-state index in [0.29, 0.717) is 6.61 Å². The van der Waals surface area contributed by atoms with Gasteiger partial charge in [-0.2, -0.15) is 0 Å². The largest absolute Gasteiger partial charge is 0.467 e. The second-order valence-corrected chi connectivity index (χ2v) is 3.37. The van der Waals surface area contributed by atoms with Gasteiger partial charge in [0, 0.05) is 0 Å². The third kappa shape index (κ3) is 4.61. The fraction of sp³-hybridized carbons (Fsp3) is 0.417. The van der Waals surface area contributed by atoms with Crippen molar-refractivity contribution in [3.05, 3.63) is 35.4 Å². The van der Waals surface area contributed by atoms with E-state index in [1.54, 1.807) is 0 Å². The van der Waals surface area contributed by atoms with Crippen LogP contribution in [0.4, 0.5) is 0 Å². The minimum Gasteiger partial charge on any atom is -0.467 e. The molecule has 0 aliphatic rings. The molecule has 15 heavy (non-hydrogen) atoms. The Balaban J connectivity index is 2.23. The topological polar surface area (TPSA) is 35.5 Å². The van der Waals surface area contributed by atoms with Gasteiger partial charge in [-0.3, -0.25) is 0 Å². The molecule has 0 N–H and O–H groups in total. The molecule has 0 unspecified atom stereocenters. The first-order chi connectivity index (χ1) is 7.22. The van der Waals surface area contributed by atoms with Gasteiger partial charge < -0.3 is 9.47 Å². The summed E-state index contributed by atoms with van der Waals surface area (Å²) in [7, 11) is 1.35. The van der Waals surface area contributed by atoms with Gasteiger partial charge in [0.05, 0.1) is 13.7 Å². The molecule has 0 spiro atoms. The molecule has 0 fully saturated rings. The number of hydrogen-bond acceptors (Lipinski definition) is 3. The summed E-state index contributed by atoms with van der Waals surface area (Å²) in [6, 6.07) is 8.24. The summed E-state index contributed by atoms with van der Waals surface area (Å²) >= 11 is 0. The third-order valence-corrected chi connectivity index (χ3v) is 2.07. The predicted molar refractivity (Wildman–Crippen MR) is 57.7 cm³/mol. The molecule has 0 amide bonds. The number of carbonyl (C=O) groups is 1. The molecule has 0 saturated heterocycles. The molecule has 0 bridgehead atoms. The summed E-state index contributed by atoms with van der Waals surface area (Å²) < 4.78 is 9.61. The minimum atomic E-state index is -0.334. The summed E-state index contributed by atoms with van der Waals surface area (Å²) in [5, 5.41) is 0. The molecular formula is C12H16O3. The molecular weight excluding hydrogens is 192 g/mol.